The van der Waals surface area contributed by atoms with Crippen LogP contribution in [-0.4, -0.2) is 13.1 Å². The van der Waals surface area contributed by atoms with E-state index in [4.69, 9.17) is 0 Å². The van der Waals surface area contributed by atoms with Gasteiger partial charge in [-0.2, -0.15) is 0 Å². The largest absolute Gasteiger partial charge is 0.316 e. The summed E-state index contributed by atoms with van der Waals surface area (Å²) in [7, 11) is 0. The number of nitrogens with one attached hydrogen (secondary N) is 1. The fourth-order valence-electron chi connectivity index (χ4n) is 3.12. The van der Waals surface area contributed by atoms with E-state index in [2.05, 4.69) is 35.6 Å². The molecule has 1 nitrogen and oxygen atoms in total. The van der Waals surface area contributed by atoms with Crippen LogP contribution in [0.1, 0.15) is 30.7 Å². The van der Waals surface area contributed by atoms with E-state index in [0.717, 1.165) is 5.92 Å². The summed E-state index contributed by atoms with van der Waals surface area (Å²) in [6.45, 7) is 2.43. The molecule has 0 bridgehead atoms. The molecule has 1 heteroatoms. The summed E-state index contributed by atoms with van der Waals surface area (Å²) in [5.74, 6) is 0.775. The molecule has 1 aliphatic carbocycles. The molecule has 1 saturated heterocycles. The molecule has 1 aliphatic heterocycles. The van der Waals surface area contributed by atoms with Crippen LogP contribution < -0.4 is 5.32 Å². The van der Waals surface area contributed by atoms with Crippen LogP contribution in [0, 0.1) is 5.41 Å². The summed E-state index contributed by atoms with van der Waals surface area (Å²) in [6, 6.07) is 11.0. The van der Waals surface area contributed by atoms with Crippen LogP contribution in [0.2, 0.25) is 0 Å². The van der Waals surface area contributed by atoms with Gasteiger partial charge in [0.25, 0.3) is 0 Å². The SMILES string of the molecule is c1ccc(C2CNCC23CCC3)cc1. The molecule has 1 N–H and O–H groups in total. The molecule has 1 unspecified atom stereocenters. The van der Waals surface area contributed by atoms with E-state index in [9.17, 15) is 0 Å². The Labute approximate surface area is 85.5 Å². The zero-order chi connectivity index (χ0) is 9.43. The molecule has 1 aromatic rings. The average molecular weight is 187 g/mol. The smallest absolute Gasteiger partial charge is 0.00320 e. The Morgan fingerprint density at radius 3 is 2.57 bits per heavy atom. The van der Waals surface area contributed by atoms with Crippen molar-refractivity contribution in [3.63, 3.8) is 0 Å². The van der Waals surface area contributed by atoms with Gasteiger partial charge in [0.1, 0.15) is 0 Å². The highest BCUT2D eigenvalue weighted by atomic mass is 14.9. The monoisotopic (exact) mass is 187 g/mol. The Morgan fingerprint density at radius 1 is 1.14 bits per heavy atom. The maximum Gasteiger partial charge on any atom is 0.00320 e. The molecule has 2 aliphatic rings. The van der Waals surface area contributed by atoms with E-state index in [1.54, 1.807) is 0 Å². The maximum absolute atomic E-state index is 3.56. The maximum atomic E-state index is 3.56. The van der Waals surface area contributed by atoms with Gasteiger partial charge < -0.3 is 5.32 Å². The molecule has 1 saturated carbocycles. The Hall–Kier alpha value is -0.820. The lowest BCUT2D eigenvalue weighted by molar-refractivity contribution is 0.137. The van der Waals surface area contributed by atoms with Crippen molar-refractivity contribution in [2.45, 2.75) is 25.2 Å². The van der Waals surface area contributed by atoms with Gasteiger partial charge in [0, 0.05) is 19.0 Å². The lowest BCUT2D eigenvalue weighted by Crippen LogP contribution is -2.35. The third-order valence-electron chi connectivity index (χ3n) is 4.12. The molecule has 1 aromatic carbocycles. The Kier molecular flexibility index (Phi) is 1.88. The number of hydrogen-bond acceptors (Lipinski definition) is 1. The van der Waals surface area contributed by atoms with Crippen molar-refractivity contribution in [1.29, 1.82) is 0 Å². The fourth-order valence-corrected chi connectivity index (χ4v) is 3.12. The van der Waals surface area contributed by atoms with Gasteiger partial charge in [-0.3, -0.25) is 0 Å². The second kappa shape index (κ2) is 3.09. The predicted octanol–water partition coefficient (Wildman–Crippen LogP) is 2.54. The molecule has 1 spiro atoms. The first-order chi connectivity index (χ1) is 6.91. The van der Waals surface area contributed by atoms with Gasteiger partial charge >= 0.3 is 0 Å². The standard InChI is InChI=1S/C13H17N/c1-2-5-11(6-3-1)12-9-14-10-13(12)7-4-8-13/h1-3,5-6,12,14H,4,7-10H2. The van der Waals surface area contributed by atoms with Crippen LogP contribution >= 0.6 is 0 Å². The lowest BCUT2D eigenvalue weighted by Gasteiger charge is -2.43. The second-order valence-corrected chi connectivity index (χ2v) is 4.81. The highest BCUT2D eigenvalue weighted by molar-refractivity contribution is 5.26. The van der Waals surface area contributed by atoms with Crippen molar-refractivity contribution in [3.05, 3.63) is 35.9 Å². The summed E-state index contributed by atoms with van der Waals surface area (Å²) < 4.78 is 0. The minimum atomic E-state index is 0.626. The van der Waals surface area contributed by atoms with Gasteiger partial charge in [-0.1, -0.05) is 36.8 Å². The quantitative estimate of drug-likeness (QED) is 0.712. The van der Waals surface area contributed by atoms with Crippen LogP contribution in [-0.2, 0) is 0 Å². The number of rotatable bonds is 1. The van der Waals surface area contributed by atoms with Gasteiger partial charge in [0.15, 0.2) is 0 Å². The molecule has 14 heavy (non-hydrogen) atoms. The summed E-state index contributed by atoms with van der Waals surface area (Å²) in [5.41, 5.74) is 2.17. The summed E-state index contributed by atoms with van der Waals surface area (Å²) in [5, 5.41) is 3.56. The topological polar surface area (TPSA) is 12.0 Å². The summed E-state index contributed by atoms with van der Waals surface area (Å²) >= 11 is 0. The third-order valence-corrected chi connectivity index (χ3v) is 4.12. The van der Waals surface area contributed by atoms with E-state index >= 15 is 0 Å². The Morgan fingerprint density at radius 2 is 1.93 bits per heavy atom. The van der Waals surface area contributed by atoms with Crippen molar-refractivity contribution < 1.29 is 0 Å². The van der Waals surface area contributed by atoms with Crippen LogP contribution in [0.4, 0.5) is 0 Å². The summed E-state index contributed by atoms with van der Waals surface area (Å²) in [6.07, 6.45) is 4.30. The van der Waals surface area contributed by atoms with Crippen molar-refractivity contribution in [2.75, 3.05) is 13.1 Å². The minimum Gasteiger partial charge on any atom is -0.316 e. The van der Waals surface area contributed by atoms with Crippen LogP contribution in [0.5, 0.6) is 0 Å². The van der Waals surface area contributed by atoms with E-state index < -0.39 is 0 Å². The van der Waals surface area contributed by atoms with Crippen molar-refractivity contribution in [1.82, 2.24) is 5.32 Å². The molecule has 2 fully saturated rings. The Balaban J connectivity index is 1.91. The summed E-state index contributed by atoms with van der Waals surface area (Å²) in [4.78, 5) is 0. The minimum absolute atomic E-state index is 0.626. The van der Waals surface area contributed by atoms with Crippen LogP contribution in [0.25, 0.3) is 0 Å². The van der Waals surface area contributed by atoms with Crippen molar-refractivity contribution in [3.8, 4) is 0 Å². The average Bonchev–Trinajstić information content (AvgIpc) is 2.62. The van der Waals surface area contributed by atoms with Crippen molar-refractivity contribution >= 4 is 0 Å². The van der Waals surface area contributed by atoms with E-state index in [-0.39, 0.29) is 0 Å². The Bertz CT molecular complexity index is 313. The molecule has 0 radical (unpaired) electrons. The molecule has 0 aromatic heterocycles. The lowest BCUT2D eigenvalue weighted by atomic mass is 9.61. The third kappa shape index (κ3) is 1.12. The van der Waals surface area contributed by atoms with Gasteiger partial charge in [-0.15, -0.1) is 0 Å². The highest BCUT2D eigenvalue weighted by Gasteiger charge is 2.47. The van der Waals surface area contributed by atoms with Gasteiger partial charge in [0.2, 0.25) is 0 Å². The van der Waals surface area contributed by atoms with E-state index in [1.165, 1.54) is 37.9 Å². The second-order valence-electron chi connectivity index (χ2n) is 4.81. The molecular weight excluding hydrogens is 170 g/mol. The van der Waals surface area contributed by atoms with Gasteiger partial charge in [-0.25, -0.2) is 0 Å². The molecule has 0 amide bonds. The molecule has 3 rings (SSSR count). The first-order valence-corrected chi connectivity index (χ1v) is 5.66. The van der Waals surface area contributed by atoms with Crippen molar-refractivity contribution in [2.24, 2.45) is 5.41 Å². The first kappa shape index (κ1) is 8.49. The predicted molar refractivity (Wildman–Crippen MR) is 58.3 cm³/mol. The molecular formula is C13H17N. The number of hydrogen-bond donors (Lipinski definition) is 1. The molecule has 1 atom stereocenters. The first-order valence-electron chi connectivity index (χ1n) is 5.66. The van der Waals surface area contributed by atoms with Gasteiger partial charge in [0.05, 0.1) is 0 Å². The molecule has 1 heterocycles. The normalized spacial score (nSPS) is 29.0. The van der Waals surface area contributed by atoms with Crippen LogP contribution in [0.15, 0.2) is 30.3 Å². The van der Waals surface area contributed by atoms with E-state index in [0.29, 0.717) is 5.41 Å². The fraction of sp³-hybridized carbons (Fsp3) is 0.538. The molecule has 74 valence electrons. The van der Waals surface area contributed by atoms with Crippen LogP contribution in [0.3, 0.4) is 0 Å². The zero-order valence-corrected chi connectivity index (χ0v) is 8.50. The number of benzene rings is 1. The van der Waals surface area contributed by atoms with Gasteiger partial charge in [-0.05, 0) is 23.8 Å². The van der Waals surface area contributed by atoms with E-state index in [1.807, 2.05) is 0 Å². The highest BCUT2D eigenvalue weighted by Crippen LogP contribution is 2.53. The zero-order valence-electron chi connectivity index (χ0n) is 8.50.